The van der Waals surface area contributed by atoms with Gasteiger partial charge in [-0.3, -0.25) is 4.98 Å². The third kappa shape index (κ3) is 4.97. The first-order valence-corrected chi connectivity index (χ1v) is 9.92. The van der Waals surface area contributed by atoms with Gasteiger partial charge in [-0.25, -0.2) is 13.8 Å². The third-order valence-electron chi connectivity index (χ3n) is 4.14. The van der Waals surface area contributed by atoms with Crippen LogP contribution in [0, 0.1) is 11.6 Å². The fourth-order valence-electron chi connectivity index (χ4n) is 2.93. The summed E-state index contributed by atoms with van der Waals surface area (Å²) in [7, 11) is 3.99. The summed E-state index contributed by atoms with van der Waals surface area (Å²) in [6.07, 6.45) is 3.56. The van der Waals surface area contributed by atoms with Crippen molar-refractivity contribution in [3.05, 3.63) is 71.4 Å². The number of rotatable bonds is 7. The summed E-state index contributed by atoms with van der Waals surface area (Å²) in [5, 5.41) is 0.903. The Bertz CT molecular complexity index is 919. The Balaban J connectivity index is 2.09. The normalized spacial score (nSPS) is 11.6. The first-order chi connectivity index (χ1) is 13.3. The van der Waals surface area contributed by atoms with E-state index in [-0.39, 0.29) is 5.92 Å². The molecule has 0 amide bonds. The molecule has 0 spiro atoms. The van der Waals surface area contributed by atoms with Gasteiger partial charge in [0, 0.05) is 23.4 Å². The van der Waals surface area contributed by atoms with E-state index in [2.05, 4.69) is 28.3 Å². The molecule has 3 aromatic rings. The molecule has 2 heterocycles. The molecule has 0 atom stereocenters. The quantitative estimate of drug-likeness (QED) is 0.561. The lowest BCUT2D eigenvalue weighted by atomic mass is 10.1. The van der Waals surface area contributed by atoms with Gasteiger partial charge in [0.15, 0.2) is 0 Å². The number of hydrogen-bond acceptors (Lipinski definition) is 4. The second kappa shape index (κ2) is 8.84. The SMILES string of the molecule is CC(C)c1nc(CN(C)C)n(Cc2cccnc2)c1Sc1cc(F)cc(F)c1. The molecule has 0 aliphatic heterocycles. The largest absolute Gasteiger partial charge is 0.317 e. The Labute approximate surface area is 168 Å². The van der Waals surface area contributed by atoms with Crippen LogP contribution in [0.25, 0.3) is 0 Å². The molecule has 0 aliphatic rings. The van der Waals surface area contributed by atoms with Gasteiger partial charge in [0.1, 0.15) is 22.5 Å². The van der Waals surface area contributed by atoms with Crippen LogP contribution in [0.1, 0.15) is 36.8 Å². The van der Waals surface area contributed by atoms with Crippen molar-refractivity contribution in [2.75, 3.05) is 14.1 Å². The van der Waals surface area contributed by atoms with E-state index in [1.807, 2.05) is 32.4 Å². The molecule has 3 rings (SSSR count). The molecule has 0 N–H and O–H groups in total. The first-order valence-electron chi connectivity index (χ1n) is 9.10. The Hall–Kier alpha value is -2.25. The summed E-state index contributed by atoms with van der Waals surface area (Å²) in [6, 6.07) is 7.50. The molecule has 2 aromatic heterocycles. The topological polar surface area (TPSA) is 34.0 Å². The maximum Gasteiger partial charge on any atom is 0.127 e. The van der Waals surface area contributed by atoms with Crippen LogP contribution in [-0.2, 0) is 13.1 Å². The maximum absolute atomic E-state index is 13.7. The van der Waals surface area contributed by atoms with Gasteiger partial charge < -0.3 is 9.47 Å². The van der Waals surface area contributed by atoms with Gasteiger partial charge in [-0.05, 0) is 43.8 Å². The zero-order valence-corrected chi connectivity index (χ0v) is 17.3. The maximum atomic E-state index is 13.7. The van der Waals surface area contributed by atoms with Crippen LogP contribution in [0.3, 0.4) is 0 Å². The molecule has 7 heteroatoms. The number of aromatic nitrogens is 3. The molecule has 0 bridgehead atoms. The van der Waals surface area contributed by atoms with Crippen molar-refractivity contribution < 1.29 is 8.78 Å². The predicted molar refractivity (Wildman–Crippen MR) is 108 cm³/mol. The monoisotopic (exact) mass is 402 g/mol. The van der Waals surface area contributed by atoms with Gasteiger partial charge in [0.2, 0.25) is 0 Å². The number of pyridine rings is 1. The van der Waals surface area contributed by atoms with Crippen molar-refractivity contribution in [1.29, 1.82) is 0 Å². The van der Waals surface area contributed by atoms with E-state index in [0.29, 0.717) is 18.0 Å². The lowest BCUT2D eigenvalue weighted by Crippen LogP contribution is -2.16. The standard InChI is InChI=1S/C21H24F2N4S/c1-14(2)20-21(28-18-9-16(22)8-17(23)10-18)27(19(25-20)13-26(3)4)12-15-6-5-7-24-11-15/h5-11,14H,12-13H2,1-4H3. The smallest absolute Gasteiger partial charge is 0.127 e. The predicted octanol–water partition coefficient (Wildman–Crippen LogP) is 4.94. The third-order valence-corrected chi connectivity index (χ3v) is 5.24. The minimum Gasteiger partial charge on any atom is -0.317 e. The summed E-state index contributed by atoms with van der Waals surface area (Å²) in [6.45, 7) is 5.41. The lowest BCUT2D eigenvalue weighted by Gasteiger charge is -2.15. The summed E-state index contributed by atoms with van der Waals surface area (Å²) < 4.78 is 29.6. The number of hydrogen-bond donors (Lipinski definition) is 0. The Morgan fingerprint density at radius 2 is 1.86 bits per heavy atom. The first kappa shape index (κ1) is 20.5. The van der Waals surface area contributed by atoms with Crippen LogP contribution in [0.15, 0.2) is 52.6 Å². The minimum atomic E-state index is -0.583. The van der Waals surface area contributed by atoms with E-state index < -0.39 is 11.6 Å². The van der Waals surface area contributed by atoms with Crippen molar-refractivity contribution in [2.45, 2.75) is 42.8 Å². The Morgan fingerprint density at radius 3 is 2.43 bits per heavy atom. The highest BCUT2D eigenvalue weighted by atomic mass is 32.2. The zero-order chi connectivity index (χ0) is 20.3. The van der Waals surface area contributed by atoms with Gasteiger partial charge in [-0.1, -0.05) is 31.7 Å². The van der Waals surface area contributed by atoms with Crippen molar-refractivity contribution in [3.63, 3.8) is 0 Å². The van der Waals surface area contributed by atoms with Crippen LogP contribution in [-0.4, -0.2) is 33.5 Å². The summed E-state index contributed by atoms with van der Waals surface area (Å²) >= 11 is 1.35. The van der Waals surface area contributed by atoms with E-state index >= 15 is 0 Å². The zero-order valence-electron chi connectivity index (χ0n) is 16.5. The van der Waals surface area contributed by atoms with Crippen LogP contribution in [0.5, 0.6) is 0 Å². The van der Waals surface area contributed by atoms with Gasteiger partial charge in [-0.15, -0.1) is 0 Å². The average Bonchev–Trinajstić information content (AvgIpc) is 2.92. The molecule has 148 valence electrons. The van der Waals surface area contributed by atoms with Gasteiger partial charge in [-0.2, -0.15) is 0 Å². The van der Waals surface area contributed by atoms with Gasteiger partial charge in [0.05, 0.1) is 18.8 Å². The fraction of sp³-hybridized carbons (Fsp3) is 0.333. The number of imidazole rings is 1. The Morgan fingerprint density at radius 1 is 1.14 bits per heavy atom. The number of nitrogens with zero attached hydrogens (tertiary/aromatic N) is 4. The Kier molecular flexibility index (Phi) is 6.46. The molecule has 1 aromatic carbocycles. The van der Waals surface area contributed by atoms with Gasteiger partial charge in [0.25, 0.3) is 0 Å². The summed E-state index contributed by atoms with van der Waals surface area (Å²) in [5.74, 6) is -0.0743. The van der Waals surface area contributed by atoms with Crippen molar-refractivity contribution in [2.24, 2.45) is 0 Å². The molecule has 4 nitrogen and oxygen atoms in total. The minimum absolute atomic E-state index is 0.178. The van der Waals surface area contributed by atoms with Crippen molar-refractivity contribution >= 4 is 11.8 Å². The highest BCUT2D eigenvalue weighted by Gasteiger charge is 2.21. The lowest BCUT2D eigenvalue weighted by molar-refractivity contribution is 0.380. The van der Waals surface area contributed by atoms with E-state index in [1.165, 1.54) is 23.9 Å². The molecule has 0 radical (unpaired) electrons. The summed E-state index contributed by atoms with van der Waals surface area (Å²) in [5.41, 5.74) is 1.97. The molecular weight excluding hydrogens is 378 g/mol. The van der Waals surface area contributed by atoms with E-state index in [9.17, 15) is 8.78 Å². The van der Waals surface area contributed by atoms with Crippen LogP contribution < -0.4 is 0 Å². The molecule has 0 fully saturated rings. The highest BCUT2D eigenvalue weighted by Crippen LogP contribution is 2.36. The van der Waals surface area contributed by atoms with Gasteiger partial charge >= 0.3 is 0 Å². The van der Waals surface area contributed by atoms with Crippen LogP contribution in [0.4, 0.5) is 8.78 Å². The van der Waals surface area contributed by atoms with E-state index in [0.717, 1.165) is 28.2 Å². The fourth-order valence-corrected chi connectivity index (χ4v) is 4.16. The highest BCUT2D eigenvalue weighted by molar-refractivity contribution is 7.99. The molecular formula is C21H24F2N4S. The molecule has 28 heavy (non-hydrogen) atoms. The number of benzene rings is 1. The average molecular weight is 403 g/mol. The van der Waals surface area contributed by atoms with E-state index in [1.54, 1.807) is 6.20 Å². The van der Waals surface area contributed by atoms with Crippen LogP contribution in [0.2, 0.25) is 0 Å². The van der Waals surface area contributed by atoms with Crippen molar-refractivity contribution in [3.8, 4) is 0 Å². The summed E-state index contributed by atoms with van der Waals surface area (Å²) in [4.78, 5) is 11.7. The van der Waals surface area contributed by atoms with E-state index in [4.69, 9.17) is 4.98 Å². The molecule has 0 aliphatic carbocycles. The van der Waals surface area contributed by atoms with Crippen molar-refractivity contribution in [1.82, 2.24) is 19.4 Å². The molecule has 0 unspecified atom stereocenters. The molecule has 0 saturated heterocycles. The number of halogens is 2. The second-order valence-corrected chi connectivity index (χ2v) is 8.33. The second-order valence-electron chi connectivity index (χ2n) is 7.27. The van der Waals surface area contributed by atoms with Crippen LogP contribution >= 0.6 is 11.8 Å². The molecule has 0 saturated carbocycles.